The Morgan fingerprint density at radius 2 is 2.24 bits per heavy atom. The number of pyridine rings is 1. The van der Waals surface area contributed by atoms with E-state index in [1.165, 1.54) is 6.20 Å². The summed E-state index contributed by atoms with van der Waals surface area (Å²) in [4.78, 5) is 15.2. The Morgan fingerprint density at radius 3 is 2.76 bits per heavy atom. The number of carbonyl (C=O) groups is 1. The summed E-state index contributed by atoms with van der Waals surface area (Å²) in [5.74, 6) is -3.77. The molecule has 4 nitrogen and oxygen atoms in total. The van der Waals surface area contributed by atoms with Gasteiger partial charge >= 0.3 is 0 Å². The molecule has 0 spiro atoms. The number of hydrogen-bond acceptors (Lipinski definition) is 3. The Hall–Kier alpha value is -0.790. The number of aromatic nitrogens is 1. The van der Waals surface area contributed by atoms with Gasteiger partial charge in [-0.2, -0.15) is 0 Å². The molecule has 1 aromatic rings. The number of nitrogens with two attached hydrogens (primary N) is 1. The fraction of sp³-hybridized carbons (Fsp3) is 0.333. The number of hydrogen-bond donors (Lipinski definition) is 2. The molecule has 0 aliphatic rings. The van der Waals surface area contributed by atoms with Crippen molar-refractivity contribution in [3.8, 4) is 0 Å². The predicted octanol–water partition coefficient (Wildman–Crippen LogP) is 1.59. The van der Waals surface area contributed by atoms with Gasteiger partial charge in [0, 0.05) is 10.7 Å². The number of rotatable bonds is 4. The summed E-state index contributed by atoms with van der Waals surface area (Å²) in [5, 5.41) is 2.07. The first-order valence-electron chi connectivity index (χ1n) is 4.43. The van der Waals surface area contributed by atoms with E-state index in [9.17, 15) is 13.6 Å². The Morgan fingerprint density at radius 1 is 1.59 bits per heavy atom. The van der Waals surface area contributed by atoms with Crippen LogP contribution in [0.4, 0.5) is 8.78 Å². The maximum Gasteiger partial charge on any atom is 0.277 e. The number of amides is 1. The Kier molecular flexibility index (Phi) is 6.51. The minimum absolute atomic E-state index is 0. The number of alkyl halides is 2. The average Bonchev–Trinajstić information content (AvgIpc) is 2.27. The van der Waals surface area contributed by atoms with Gasteiger partial charge in [-0.1, -0.05) is 0 Å². The van der Waals surface area contributed by atoms with Gasteiger partial charge in [-0.3, -0.25) is 4.79 Å². The van der Waals surface area contributed by atoms with Crippen LogP contribution in [0, 0.1) is 0 Å². The zero-order chi connectivity index (χ0) is 12.2. The zero-order valence-electron chi connectivity index (χ0n) is 8.62. The molecule has 0 atom stereocenters. The van der Waals surface area contributed by atoms with Gasteiger partial charge in [-0.05, 0) is 28.1 Å². The predicted molar refractivity (Wildman–Crippen MR) is 65.5 cm³/mol. The lowest BCUT2D eigenvalue weighted by molar-refractivity contribution is 0.0118. The molecule has 0 fully saturated rings. The smallest absolute Gasteiger partial charge is 0.277 e. The van der Waals surface area contributed by atoms with E-state index in [1.807, 2.05) is 0 Å². The van der Waals surface area contributed by atoms with Crippen molar-refractivity contribution in [2.75, 3.05) is 13.1 Å². The highest BCUT2D eigenvalue weighted by atomic mass is 79.9. The van der Waals surface area contributed by atoms with E-state index in [0.29, 0.717) is 4.47 Å². The van der Waals surface area contributed by atoms with E-state index in [1.54, 1.807) is 12.1 Å². The van der Waals surface area contributed by atoms with Gasteiger partial charge < -0.3 is 11.1 Å². The topological polar surface area (TPSA) is 68.0 Å². The van der Waals surface area contributed by atoms with Crippen molar-refractivity contribution in [2.24, 2.45) is 5.73 Å². The van der Waals surface area contributed by atoms with Crippen molar-refractivity contribution in [1.82, 2.24) is 10.3 Å². The van der Waals surface area contributed by atoms with Crippen molar-refractivity contribution in [2.45, 2.75) is 5.92 Å². The minimum Gasteiger partial charge on any atom is -0.345 e. The van der Waals surface area contributed by atoms with Gasteiger partial charge in [0.2, 0.25) is 0 Å². The van der Waals surface area contributed by atoms with E-state index in [4.69, 9.17) is 5.73 Å². The van der Waals surface area contributed by atoms with Crippen molar-refractivity contribution in [1.29, 1.82) is 0 Å². The highest BCUT2D eigenvalue weighted by Gasteiger charge is 2.27. The molecule has 1 amide bonds. The van der Waals surface area contributed by atoms with E-state index in [-0.39, 0.29) is 18.1 Å². The summed E-state index contributed by atoms with van der Waals surface area (Å²) in [6.07, 6.45) is 1.40. The van der Waals surface area contributed by atoms with Crippen LogP contribution in [0.3, 0.4) is 0 Å². The highest BCUT2D eigenvalue weighted by molar-refractivity contribution is 9.10. The highest BCUT2D eigenvalue weighted by Crippen LogP contribution is 2.14. The van der Waals surface area contributed by atoms with Crippen LogP contribution in [0.2, 0.25) is 0 Å². The average molecular weight is 331 g/mol. The second-order valence-electron chi connectivity index (χ2n) is 3.08. The summed E-state index contributed by atoms with van der Waals surface area (Å²) >= 11 is 3.10. The maximum absolute atomic E-state index is 12.8. The van der Waals surface area contributed by atoms with Crippen LogP contribution in [0.15, 0.2) is 22.8 Å². The number of nitrogens with zero attached hydrogens (tertiary/aromatic N) is 1. The summed E-state index contributed by atoms with van der Waals surface area (Å²) in [5.41, 5.74) is 4.90. The van der Waals surface area contributed by atoms with Crippen LogP contribution in [-0.4, -0.2) is 29.9 Å². The number of halogens is 4. The van der Waals surface area contributed by atoms with Crippen LogP contribution in [-0.2, 0) is 0 Å². The third kappa shape index (κ3) is 4.93. The Balaban J connectivity index is 0.00000256. The molecule has 0 saturated heterocycles. The lowest BCUT2D eigenvalue weighted by Gasteiger charge is -2.14. The minimum atomic E-state index is -3.10. The standard InChI is InChI=1S/C9H10BrF2N3O.ClH/c10-6-2-1-3-14-7(6)8(16)15-5-9(11,12)4-13;/h1-3H,4-5,13H2,(H,15,16);1H. The van der Waals surface area contributed by atoms with E-state index >= 15 is 0 Å². The van der Waals surface area contributed by atoms with Crippen molar-refractivity contribution < 1.29 is 13.6 Å². The lowest BCUT2D eigenvalue weighted by atomic mass is 10.3. The molecular formula is C9H11BrClF2N3O. The molecule has 0 aliphatic carbocycles. The van der Waals surface area contributed by atoms with Crippen LogP contribution in [0.1, 0.15) is 10.5 Å². The molecule has 1 rings (SSSR count). The fourth-order valence-electron chi connectivity index (χ4n) is 0.918. The second kappa shape index (κ2) is 6.83. The quantitative estimate of drug-likeness (QED) is 0.881. The zero-order valence-corrected chi connectivity index (χ0v) is 11.0. The molecule has 17 heavy (non-hydrogen) atoms. The first-order chi connectivity index (χ1) is 7.46. The van der Waals surface area contributed by atoms with E-state index in [0.717, 1.165) is 0 Å². The van der Waals surface area contributed by atoms with Crippen molar-refractivity contribution >= 4 is 34.2 Å². The molecule has 0 bridgehead atoms. The molecule has 96 valence electrons. The van der Waals surface area contributed by atoms with Gasteiger partial charge in [0.15, 0.2) is 0 Å². The van der Waals surface area contributed by atoms with E-state index in [2.05, 4.69) is 26.2 Å². The summed E-state index contributed by atoms with van der Waals surface area (Å²) in [6, 6.07) is 3.22. The molecule has 0 aromatic carbocycles. The molecule has 8 heteroatoms. The van der Waals surface area contributed by atoms with Gasteiger partial charge in [-0.25, -0.2) is 13.8 Å². The van der Waals surface area contributed by atoms with Crippen molar-refractivity contribution in [3.05, 3.63) is 28.5 Å². The Labute approximate surface area is 112 Å². The molecule has 0 saturated carbocycles. The summed E-state index contributed by atoms with van der Waals surface area (Å²) in [6.45, 7) is -1.61. The van der Waals surface area contributed by atoms with Gasteiger partial charge in [0.05, 0.1) is 13.1 Å². The maximum atomic E-state index is 12.8. The fourth-order valence-corrected chi connectivity index (χ4v) is 1.35. The lowest BCUT2D eigenvalue weighted by Crippen LogP contribution is -2.41. The molecule has 1 heterocycles. The SMILES string of the molecule is Cl.NCC(F)(F)CNC(=O)c1ncccc1Br. The molecule has 0 radical (unpaired) electrons. The molecule has 0 unspecified atom stereocenters. The molecule has 0 aliphatic heterocycles. The third-order valence-corrected chi connectivity index (χ3v) is 2.42. The van der Waals surface area contributed by atoms with Gasteiger partial charge in [0.25, 0.3) is 11.8 Å². The van der Waals surface area contributed by atoms with Gasteiger partial charge in [0.1, 0.15) is 5.69 Å². The molecule has 3 N–H and O–H groups in total. The van der Waals surface area contributed by atoms with Crippen LogP contribution in [0.25, 0.3) is 0 Å². The third-order valence-electron chi connectivity index (χ3n) is 1.78. The van der Waals surface area contributed by atoms with Crippen LogP contribution < -0.4 is 11.1 Å². The number of nitrogens with one attached hydrogen (secondary N) is 1. The normalized spacial score (nSPS) is 10.6. The molecule has 1 aromatic heterocycles. The first-order valence-corrected chi connectivity index (χ1v) is 5.22. The van der Waals surface area contributed by atoms with E-state index < -0.39 is 24.9 Å². The Bertz CT molecular complexity index is 392. The summed E-state index contributed by atoms with van der Waals surface area (Å²) in [7, 11) is 0. The first kappa shape index (κ1) is 16.2. The number of carbonyl (C=O) groups excluding carboxylic acids is 1. The van der Waals surface area contributed by atoms with Crippen LogP contribution >= 0.6 is 28.3 Å². The van der Waals surface area contributed by atoms with Crippen molar-refractivity contribution in [3.63, 3.8) is 0 Å². The van der Waals surface area contributed by atoms with Gasteiger partial charge in [-0.15, -0.1) is 12.4 Å². The monoisotopic (exact) mass is 329 g/mol. The second-order valence-corrected chi connectivity index (χ2v) is 3.93. The summed E-state index contributed by atoms with van der Waals surface area (Å²) < 4.78 is 26.0. The largest absolute Gasteiger partial charge is 0.345 e. The molecular weight excluding hydrogens is 319 g/mol. The van der Waals surface area contributed by atoms with Crippen LogP contribution in [0.5, 0.6) is 0 Å².